The van der Waals surface area contributed by atoms with Gasteiger partial charge in [-0.1, -0.05) is 0 Å². The van der Waals surface area contributed by atoms with Gasteiger partial charge in [0.1, 0.15) is 0 Å². The van der Waals surface area contributed by atoms with Crippen molar-refractivity contribution in [1.29, 1.82) is 0 Å². The first-order valence-corrected chi connectivity index (χ1v) is 2.92. The van der Waals surface area contributed by atoms with Crippen molar-refractivity contribution in [3.63, 3.8) is 0 Å². The van der Waals surface area contributed by atoms with Crippen molar-refractivity contribution in [2.75, 3.05) is 0 Å². The quantitative estimate of drug-likeness (QED) is 0.280. The van der Waals surface area contributed by atoms with Crippen molar-refractivity contribution in [3.05, 3.63) is 0 Å². The number of nitrogens with two attached hydrogens (primary N) is 2. The third kappa shape index (κ3) is 2.52. The summed E-state index contributed by atoms with van der Waals surface area (Å²) in [5, 5.41) is 0. The van der Waals surface area contributed by atoms with Crippen LogP contribution in [0.5, 0.6) is 0 Å². The zero-order chi connectivity index (χ0) is 6.08. The molecule has 0 aliphatic heterocycles. The fourth-order valence-corrected chi connectivity index (χ4v) is 0. The minimum absolute atomic E-state index is 1.67. The molecule has 0 aliphatic carbocycles. The van der Waals surface area contributed by atoms with E-state index in [1.54, 1.807) is 0 Å². The lowest BCUT2D eigenvalue weighted by atomic mass is 11.2. The van der Waals surface area contributed by atoms with Crippen LogP contribution in [0.25, 0.3) is 0 Å². The van der Waals surface area contributed by atoms with E-state index in [1.807, 2.05) is 0 Å². The van der Waals surface area contributed by atoms with Gasteiger partial charge < -0.3 is 11.5 Å². The lowest BCUT2D eigenvalue weighted by Gasteiger charge is -1.95. The molecule has 7 heavy (non-hydrogen) atoms. The highest BCUT2D eigenvalue weighted by Gasteiger charge is 2.09. The summed E-state index contributed by atoms with van der Waals surface area (Å²) in [6.07, 6.45) is 0. The number of rotatable bonds is 1. The van der Waals surface area contributed by atoms with Crippen LogP contribution in [0.1, 0.15) is 0 Å². The molecular formula is CH6N2O3S. The predicted molar refractivity (Wildman–Crippen MR) is 23.7 cm³/mol. The first kappa shape index (κ1) is 6.83. The van der Waals surface area contributed by atoms with Gasteiger partial charge in [0.05, 0.1) is 0 Å². The maximum absolute atomic E-state index is 9.64. The Morgan fingerprint density at radius 2 is 1.57 bits per heavy atom. The van der Waals surface area contributed by atoms with Gasteiger partial charge in [-0.15, -0.1) is 0 Å². The second-order valence-corrected chi connectivity index (χ2v) is 2.55. The molecular weight excluding hydrogens is 120 g/mol. The maximum Gasteiger partial charge on any atom is 0.294 e. The molecule has 5 N–H and O–H groups in total. The Bertz CT molecular complexity index is 135. The smallest absolute Gasteiger partial charge is 0.294 e. The van der Waals surface area contributed by atoms with E-state index in [-0.39, 0.29) is 0 Å². The average Bonchev–Trinajstić information content (AvgIpc) is 1.31. The van der Waals surface area contributed by atoms with Crippen LogP contribution in [0.2, 0.25) is 0 Å². The van der Waals surface area contributed by atoms with E-state index in [0.717, 1.165) is 0 Å². The predicted octanol–water partition coefficient (Wildman–Crippen LogP) is -1.92. The Balaban J connectivity index is 4.10. The van der Waals surface area contributed by atoms with Crippen LogP contribution in [0, 0.1) is 0 Å². The molecule has 44 valence electrons. The molecule has 0 aliphatic rings. The highest BCUT2D eigenvalue weighted by molar-refractivity contribution is 7.86. The van der Waals surface area contributed by atoms with Crippen LogP contribution in [-0.2, 0) is 10.1 Å². The first-order chi connectivity index (χ1) is 2.94. The van der Waals surface area contributed by atoms with Gasteiger partial charge in [0.25, 0.3) is 10.1 Å². The Labute approximate surface area is 41.0 Å². The van der Waals surface area contributed by atoms with Crippen molar-refractivity contribution in [1.82, 2.24) is 0 Å². The molecule has 0 atom stereocenters. The summed E-state index contributed by atoms with van der Waals surface area (Å²) in [6.45, 7) is 0. The second kappa shape index (κ2) is 1.74. The zero-order valence-electron chi connectivity index (χ0n) is 3.40. The van der Waals surface area contributed by atoms with E-state index in [2.05, 4.69) is 11.5 Å². The van der Waals surface area contributed by atoms with Gasteiger partial charge in [-0.2, -0.15) is 8.42 Å². The molecule has 0 heterocycles. The maximum atomic E-state index is 9.64. The summed E-state index contributed by atoms with van der Waals surface area (Å²) in [4.78, 5) is 0. The molecule has 5 nitrogen and oxygen atoms in total. The first-order valence-electron chi connectivity index (χ1n) is 1.42. The molecule has 0 rings (SSSR count). The highest BCUT2D eigenvalue weighted by atomic mass is 32.2. The van der Waals surface area contributed by atoms with E-state index in [1.165, 1.54) is 0 Å². The molecule has 0 unspecified atom stereocenters. The molecule has 0 fully saturated rings. The van der Waals surface area contributed by atoms with Gasteiger partial charge >= 0.3 is 0 Å². The van der Waals surface area contributed by atoms with E-state index >= 15 is 0 Å². The monoisotopic (exact) mass is 126 g/mol. The fraction of sp³-hybridized carbons (Fsp3) is 1.00. The molecule has 0 aromatic carbocycles. The molecule has 0 aromatic heterocycles. The SMILES string of the molecule is NC(N)S(=O)(=O)O. The minimum atomic E-state index is -4.19. The molecule has 6 heteroatoms. The number of hydrogen-bond donors (Lipinski definition) is 3. The second-order valence-electron chi connectivity index (χ2n) is 0.980. The van der Waals surface area contributed by atoms with Gasteiger partial charge in [-0.3, -0.25) is 4.55 Å². The van der Waals surface area contributed by atoms with Gasteiger partial charge in [-0.05, 0) is 0 Å². The Hall–Kier alpha value is -0.170. The number of hydrogen-bond acceptors (Lipinski definition) is 4. The standard InChI is InChI=1S/CH6N2O3S/c2-1(3)7(4,5)6/h1H,2-3H2,(H,4,5,6). The lowest BCUT2D eigenvalue weighted by Crippen LogP contribution is -2.38. The molecule has 0 spiro atoms. The Morgan fingerprint density at radius 1 is 1.43 bits per heavy atom. The van der Waals surface area contributed by atoms with Crippen molar-refractivity contribution in [2.24, 2.45) is 11.5 Å². The van der Waals surface area contributed by atoms with E-state index in [4.69, 9.17) is 4.55 Å². The third-order valence-electron chi connectivity index (χ3n) is 0.344. The minimum Gasteiger partial charge on any atom is -0.301 e. The van der Waals surface area contributed by atoms with Gasteiger partial charge in [0.15, 0.2) is 5.50 Å². The van der Waals surface area contributed by atoms with Crippen LogP contribution in [0.3, 0.4) is 0 Å². The lowest BCUT2D eigenvalue weighted by molar-refractivity contribution is 0.469. The molecule has 0 saturated carbocycles. The van der Waals surface area contributed by atoms with Crippen molar-refractivity contribution in [2.45, 2.75) is 5.50 Å². The van der Waals surface area contributed by atoms with E-state index in [9.17, 15) is 8.42 Å². The van der Waals surface area contributed by atoms with Gasteiger partial charge in [0.2, 0.25) is 0 Å². The van der Waals surface area contributed by atoms with E-state index < -0.39 is 15.6 Å². The summed E-state index contributed by atoms with van der Waals surface area (Å²) in [5.41, 5.74) is 7.34. The van der Waals surface area contributed by atoms with Crippen LogP contribution < -0.4 is 11.5 Å². The molecule has 0 bridgehead atoms. The Morgan fingerprint density at radius 3 is 1.57 bits per heavy atom. The van der Waals surface area contributed by atoms with Crippen molar-refractivity contribution < 1.29 is 13.0 Å². The largest absolute Gasteiger partial charge is 0.301 e. The summed E-state index contributed by atoms with van der Waals surface area (Å²) in [7, 11) is -4.19. The summed E-state index contributed by atoms with van der Waals surface area (Å²) in [6, 6.07) is 0. The van der Waals surface area contributed by atoms with Gasteiger partial charge in [-0.25, -0.2) is 0 Å². The van der Waals surface area contributed by atoms with Gasteiger partial charge in [0, 0.05) is 0 Å². The molecule has 0 amide bonds. The summed E-state index contributed by atoms with van der Waals surface area (Å²) in [5.74, 6) is 0. The van der Waals surface area contributed by atoms with Crippen LogP contribution in [0.4, 0.5) is 0 Å². The van der Waals surface area contributed by atoms with Crippen molar-refractivity contribution in [3.8, 4) is 0 Å². The normalized spacial score (nSPS) is 12.6. The third-order valence-corrected chi connectivity index (χ3v) is 1.03. The fourth-order valence-electron chi connectivity index (χ4n) is 0. The van der Waals surface area contributed by atoms with Crippen LogP contribution in [0.15, 0.2) is 0 Å². The van der Waals surface area contributed by atoms with E-state index in [0.29, 0.717) is 0 Å². The summed E-state index contributed by atoms with van der Waals surface area (Å²) >= 11 is 0. The molecule has 0 aromatic rings. The summed E-state index contributed by atoms with van der Waals surface area (Å²) < 4.78 is 27.1. The topological polar surface area (TPSA) is 106 Å². The van der Waals surface area contributed by atoms with Crippen molar-refractivity contribution >= 4 is 10.1 Å². The average molecular weight is 126 g/mol. The zero-order valence-corrected chi connectivity index (χ0v) is 4.22. The molecule has 0 saturated heterocycles. The molecule has 0 radical (unpaired) electrons. The van der Waals surface area contributed by atoms with Crippen LogP contribution >= 0.6 is 0 Å². The Kier molecular flexibility index (Phi) is 1.70. The highest BCUT2D eigenvalue weighted by Crippen LogP contribution is 1.77. The van der Waals surface area contributed by atoms with Crippen LogP contribution in [-0.4, -0.2) is 18.5 Å².